The standard InChI is InChI=1S/C20H35NO2/c1-7-12-20(4,5)23-14-13-19(2,3)21-15-17-8-10-18(11-9-17)16-22-6/h8-11,21H,7,12-16H2,1-6H3. The van der Waals surface area contributed by atoms with Crippen LogP contribution in [0.2, 0.25) is 0 Å². The summed E-state index contributed by atoms with van der Waals surface area (Å²) in [6.07, 6.45) is 3.27. The SMILES string of the molecule is CCCC(C)(C)OCCC(C)(C)NCc1ccc(COC)cc1. The quantitative estimate of drug-likeness (QED) is 0.641. The van der Waals surface area contributed by atoms with Gasteiger partial charge in [0.25, 0.3) is 0 Å². The highest BCUT2D eigenvalue weighted by Gasteiger charge is 2.21. The predicted octanol–water partition coefficient (Wildman–Crippen LogP) is 4.69. The van der Waals surface area contributed by atoms with Gasteiger partial charge in [0.15, 0.2) is 0 Å². The second-order valence-corrected chi connectivity index (χ2v) is 7.60. The van der Waals surface area contributed by atoms with E-state index >= 15 is 0 Å². The van der Waals surface area contributed by atoms with Crippen molar-refractivity contribution in [3.63, 3.8) is 0 Å². The molecule has 0 atom stereocenters. The van der Waals surface area contributed by atoms with E-state index in [1.54, 1.807) is 7.11 Å². The van der Waals surface area contributed by atoms with Crippen molar-refractivity contribution in [1.82, 2.24) is 5.32 Å². The normalized spacial score (nSPS) is 12.6. The molecule has 0 radical (unpaired) electrons. The van der Waals surface area contributed by atoms with E-state index < -0.39 is 0 Å². The lowest BCUT2D eigenvalue weighted by molar-refractivity contribution is -0.0312. The first-order chi connectivity index (χ1) is 10.8. The zero-order valence-corrected chi connectivity index (χ0v) is 15.9. The summed E-state index contributed by atoms with van der Waals surface area (Å²) in [7, 11) is 1.72. The molecule has 0 unspecified atom stereocenters. The smallest absolute Gasteiger partial charge is 0.0713 e. The van der Waals surface area contributed by atoms with E-state index in [0.29, 0.717) is 6.61 Å². The van der Waals surface area contributed by atoms with Crippen LogP contribution >= 0.6 is 0 Å². The molecule has 0 fully saturated rings. The van der Waals surface area contributed by atoms with Crippen LogP contribution in [-0.4, -0.2) is 24.9 Å². The van der Waals surface area contributed by atoms with Gasteiger partial charge in [-0.1, -0.05) is 37.6 Å². The van der Waals surface area contributed by atoms with E-state index in [1.807, 2.05) is 0 Å². The minimum Gasteiger partial charge on any atom is -0.380 e. The number of benzene rings is 1. The third kappa shape index (κ3) is 8.50. The molecule has 0 saturated carbocycles. The minimum absolute atomic E-state index is 0.0119. The summed E-state index contributed by atoms with van der Waals surface area (Å²) >= 11 is 0. The Balaban J connectivity index is 2.37. The molecule has 0 aliphatic rings. The van der Waals surface area contributed by atoms with Gasteiger partial charge in [-0.3, -0.25) is 0 Å². The van der Waals surface area contributed by atoms with E-state index in [4.69, 9.17) is 9.47 Å². The van der Waals surface area contributed by atoms with E-state index in [9.17, 15) is 0 Å². The van der Waals surface area contributed by atoms with Crippen LogP contribution in [0.15, 0.2) is 24.3 Å². The Bertz CT molecular complexity index is 437. The summed E-state index contributed by atoms with van der Waals surface area (Å²) in [5, 5.41) is 3.63. The van der Waals surface area contributed by atoms with Crippen LogP contribution in [-0.2, 0) is 22.6 Å². The first kappa shape index (κ1) is 20.1. The molecule has 1 aromatic carbocycles. The largest absolute Gasteiger partial charge is 0.380 e. The monoisotopic (exact) mass is 321 g/mol. The molecule has 1 N–H and O–H groups in total. The van der Waals surface area contributed by atoms with Gasteiger partial charge >= 0.3 is 0 Å². The molecule has 0 bridgehead atoms. The highest BCUT2D eigenvalue weighted by molar-refractivity contribution is 5.22. The van der Waals surface area contributed by atoms with Crippen LogP contribution in [0.3, 0.4) is 0 Å². The molecule has 0 aliphatic heterocycles. The van der Waals surface area contributed by atoms with Gasteiger partial charge < -0.3 is 14.8 Å². The Hall–Kier alpha value is -0.900. The summed E-state index contributed by atoms with van der Waals surface area (Å²) in [5.41, 5.74) is 2.56. The summed E-state index contributed by atoms with van der Waals surface area (Å²) in [6, 6.07) is 8.59. The number of rotatable bonds is 11. The molecule has 0 aromatic heterocycles. The van der Waals surface area contributed by atoms with Crippen molar-refractivity contribution in [2.24, 2.45) is 0 Å². The Labute approximate surface area is 142 Å². The van der Waals surface area contributed by atoms with Gasteiger partial charge in [0.05, 0.1) is 12.2 Å². The van der Waals surface area contributed by atoms with Gasteiger partial charge in [-0.2, -0.15) is 0 Å². The van der Waals surface area contributed by atoms with Gasteiger partial charge in [0.2, 0.25) is 0 Å². The van der Waals surface area contributed by atoms with E-state index in [-0.39, 0.29) is 11.1 Å². The maximum atomic E-state index is 6.05. The fourth-order valence-corrected chi connectivity index (χ4v) is 2.61. The highest BCUT2D eigenvalue weighted by atomic mass is 16.5. The van der Waals surface area contributed by atoms with Crippen molar-refractivity contribution in [2.45, 2.75) is 78.2 Å². The van der Waals surface area contributed by atoms with Crippen LogP contribution in [0.5, 0.6) is 0 Å². The third-order valence-electron chi connectivity index (χ3n) is 4.18. The average molecular weight is 322 g/mol. The molecule has 0 spiro atoms. The van der Waals surface area contributed by atoms with Crippen LogP contribution in [0.25, 0.3) is 0 Å². The molecule has 3 heteroatoms. The van der Waals surface area contributed by atoms with Crippen LogP contribution in [0, 0.1) is 0 Å². The number of methoxy groups -OCH3 is 1. The lowest BCUT2D eigenvalue weighted by Crippen LogP contribution is -2.40. The minimum atomic E-state index is -0.0119. The lowest BCUT2D eigenvalue weighted by Gasteiger charge is -2.30. The molecule has 0 saturated heterocycles. The van der Waals surface area contributed by atoms with Crippen molar-refractivity contribution in [2.75, 3.05) is 13.7 Å². The molecule has 1 rings (SSSR count). The topological polar surface area (TPSA) is 30.5 Å². The van der Waals surface area contributed by atoms with Gasteiger partial charge in [-0.25, -0.2) is 0 Å². The lowest BCUT2D eigenvalue weighted by atomic mass is 9.99. The Kier molecular flexibility index (Phi) is 8.24. The van der Waals surface area contributed by atoms with Crippen molar-refractivity contribution >= 4 is 0 Å². The average Bonchev–Trinajstić information content (AvgIpc) is 2.46. The highest BCUT2D eigenvalue weighted by Crippen LogP contribution is 2.19. The zero-order valence-electron chi connectivity index (χ0n) is 15.9. The van der Waals surface area contributed by atoms with Crippen molar-refractivity contribution in [1.29, 1.82) is 0 Å². The first-order valence-electron chi connectivity index (χ1n) is 8.74. The van der Waals surface area contributed by atoms with Crippen LogP contribution in [0.4, 0.5) is 0 Å². The first-order valence-corrected chi connectivity index (χ1v) is 8.74. The van der Waals surface area contributed by atoms with Gasteiger partial charge in [-0.15, -0.1) is 0 Å². The molecule has 1 aromatic rings. The maximum absolute atomic E-state index is 6.05. The number of ether oxygens (including phenoxy) is 2. The summed E-state index contributed by atoms with van der Waals surface area (Å²) in [5.74, 6) is 0. The molecular formula is C20H35NO2. The van der Waals surface area contributed by atoms with Gasteiger partial charge in [0.1, 0.15) is 0 Å². The molecule has 0 heterocycles. The van der Waals surface area contributed by atoms with Crippen molar-refractivity contribution in [3.8, 4) is 0 Å². The predicted molar refractivity (Wildman–Crippen MR) is 97.6 cm³/mol. The van der Waals surface area contributed by atoms with E-state index in [0.717, 1.165) is 32.4 Å². The second kappa shape index (κ2) is 9.41. The summed E-state index contributed by atoms with van der Waals surface area (Å²) in [6.45, 7) is 13.4. The molecule has 0 aliphatic carbocycles. The number of hydrogen-bond donors (Lipinski definition) is 1. The number of nitrogens with one attached hydrogen (secondary N) is 1. The summed E-state index contributed by atoms with van der Waals surface area (Å²) in [4.78, 5) is 0. The maximum Gasteiger partial charge on any atom is 0.0713 e. The fraction of sp³-hybridized carbons (Fsp3) is 0.700. The van der Waals surface area contributed by atoms with Gasteiger partial charge in [0, 0.05) is 25.8 Å². The zero-order chi connectivity index (χ0) is 17.3. The van der Waals surface area contributed by atoms with Crippen LogP contribution in [0.1, 0.15) is 65.0 Å². The van der Waals surface area contributed by atoms with Crippen molar-refractivity contribution in [3.05, 3.63) is 35.4 Å². The third-order valence-corrected chi connectivity index (χ3v) is 4.18. The Morgan fingerprint density at radius 1 is 0.957 bits per heavy atom. The Morgan fingerprint density at radius 3 is 2.13 bits per heavy atom. The second-order valence-electron chi connectivity index (χ2n) is 7.60. The summed E-state index contributed by atoms with van der Waals surface area (Å²) < 4.78 is 11.2. The molecule has 132 valence electrons. The molecule has 0 amide bonds. The number of hydrogen-bond acceptors (Lipinski definition) is 3. The molecular weight excluding hydrogens is 286 g/mol. The van der Waals surface area contributed by atoms with Gasteiger partial charge in [-0.05, 0) is 51.7 Å². The fourth-order valence-electron chi connectivity index (χ4n) is 2.61. The van der Waals surface area contributed by atoms with Crippen LogP contribution < -0.4 is 5.32 Å². The van der Waals surface area contributed by atoms with E-state index in [1.165, 1.54) is 11.1 Å². The molecule has 3 nitrogen and oxygen atoms in total. The van der Waals surface area contributed by atoms with Crippen molar-refractivity contribution < 1.29 is 9.47 Å². The van der Waals surface area contributed by atoms with E-state index in [2.05, 4.69) is 64.2 Å². The Morgan fingerprint density at radius 2 is 1.57 bits per heavy atom. The molecule has 23 heavy (non-hydrogen) atoms.